The summed E-state index contributed by atoms with van der Waals surface area (Å²) in [5.41, 5.74) is 1.77. The van der Waals surface area contributed by atoms with Crippen LogP contribution < -0.4 is 0 Å². The van der Waals surface area contributed by atoms with Gasteiger partial charge in [0, 0.05) is 12.6 Å². The summed E-state index contributed by atoms with van der Waals surface area (Å²) in [6.07, 6.45) is 0. The van der Waals surface area contributed by atoms with E-state index in [2.05, 4.69) is 5.16 Å². The first-order chi connectivity index (χ1) is 6.56. The lowest BCUT2D eigenvalue weighted by Crippen LogP contribution is -2.27. The summed E-state index contributed by atoms with van der Waals surface area (Å²) < 4.78 is 4.99. The number of rotatable bonds is 3. The molecule has 0 radical (unpaired) electrons. The number of alkyl halides is 1. The van der Waals surface area contributed by atoms with E-state index >= 15 is 0 Å². The number of hydrogen-bond acceptors (Lipinski definition) is 3. The molecule has 0 aliphatic rings. The lowest BCUT2D eigenvalue weighted by molar-refractivity contribution is -0.127. The van der Waals surface area contributed by atoms with Crippen LogP contribution in [-0.4, -0.2) is 28.9 Å². The molecular formula is C9H13ClN2O2. The summed E-state index contributed by atoms with van der Waals surface area (Å²) in [5, 5.41) is 3.81. The predicted octanol–water partition coefficient (Wildman–Crippen LogP) is 1.49. The number of carbonyl (C=O) groups excluding carboxylic acids is 1. The van der Waals surface area contributed by atoms with Gasteiger partial charge in [0.15, 0.2) is 0 Å². The van der Waals surface area contributed by atoms with Gasteiger partial charge in [-0.05, 0) is 13.8 Å². The maximum Gasteiger partial charge on any atom is 0.237 e. The van der Waals surface area contributed by atoms with Gasteiger partial charge in [-0.25, -0.2) is 0 Å². The summed E-state index contributed by atoms with van der Waals surface area (Å²) in [4.78, 5) is 12.8. The zero-order chi connectivity index (χ0) is 10.7. The molecule has 0 aliphatic carbocycles. The van der Waals surface area contributed by atoms with Crippen molar-refractivity contribution in [3.05, 3.63) is 17.0 Å². The summed E-state index contributed by atoms with van der Waals surface area (Å²) in [6.45, 7) is 4.17. The van der Waals surface area contributed by atoms with Crippen LogP contribution in [0.1, 0.15) is 17.0 Å². The minimum Gasteiger partial charge on any atom is -0.361 e. The predicted molar refractivity (Wildman–Crippen MR) is 53.2 cm³/mol. The molecule has 1 aromatic rings. The molecule has 0 saturated heterocycles. The third-order valence-electron chi connectivity index (χ3n) is 2.12. The molecule has 0 aliphatic heterocycles. The van der Waals surface area contributed by atoms with Crippen molar-refractivity contribution >= 4 is 17.5 Å². The molecule has 0 atom stereocenters. The van der Waals surface area contributed by atoms with Gasteiger partial charge in [0.05, 0.1) is 12.2 Å². The van der Waals surface area contributed by atoms with Crippen LogP contribution in [0.5, 0.6) is 0 Å². The Morgan fingerprint density at radius 2 is 2.21 bits per heavy atom. The van der Waals surface area contributed by atoms with Crippen LogP contribution in [0.25, 0.3) is 0 Å². The van der Waals surface area contributed by atoms with Gasteiger partial charge in [-0.3, -0.25) is 4.79 Å². The van der Waals surface area contributed by atoms with Crippen molar-refractivity contribution in [1.29, 1.82) is 0 Å². The molecule has 0 aromatic carbocycles. The van der Waals surface area contributed by atoms with Crippen molar-refractivity contribution in [3.8, 4) is 0 Å². The minimum absolute atomic E-state index is 0.000124. The Hall–Kier alpha value is -1.03. The molecule has 1 amide bonds. The molecule has 0 spiro atoms. The van der Waals surface area contributed by atoms with E-state index in [9.17, 15) is 4.79 Å². The molecule has 14 heavy (non-hydrogen) atoms. The molecule has 0 fully saturated rings. The SMILES string of the molecule is Cc1noc(C)c1CN(C)C(=O)CCl. The van der Waals surface area contributed by atoms with Crippen molar-refractivity contribution in [2.45, 2.75) is 20.4 Å². The molecule has 0 bridgehead atoms. The Morgan fingerprint density at radius 3 is 2.64 bits per heavy atom. The molecule has 4 nitrogen and oxygen atoms in total. The average Bonchev–Trinajstić information content (AvgIpc) is 2.48. The van der Waals surface area contributed by atoms with E-state index in [-0.39, 0.29) is 11.8 Å². The molecule has 0 N–H and O–H groups in total. The van der Waals surface area contributed by atoms with E-state index in [1.807, 2.05) is 13.8 Å². The number of hydrogen-bond donors (Lipinski definition) is 0. The van der Waals surface area contributed by atoms with Crippen LogP contribution in [-0.2, 0) is 11.3 Å². The topological polar surface area (TPSA) is 46.3 Å². The summed E-state index contributed by atoms with van der Waals surface area (Å²) in [6, 6.07) is 0. The zero-order valence-electron chi connectivity index (χ0n) is 8.50. The fraction of sp³-hybridized carbons (Fsp3) is 0.556. The van der Waals surface area contributed by atoms with Gasteiger partial charge in [-0.1, -0.05) is 5.16 Å². The van der Waals surface area contributed by atoms with Gasteiger partial charge in [0.25, 0.3) is 0 Å². The largest absolute Gasteiger partial charge is 0.361 e. The van der Waals surface area contributed by atoms with Gasteiger partial charge in [0.1, 0.15) is 11.6 Å². The maximum absolute atomic E-state index is 11.2. The third-order valence-corrected chi connectivity index (χ3v) is 2.35. The number of aromatic nitrogens is 1. The Kier molecular flexibility index (Phi) is 3.52. The third kappa shape index (κ3) is 2.26. The first-order valence-electron chi connectivity index (χ1n) is 4.28. The standard InChI is InChI=1S/C9H13ClN2O2/c1-6-8(7(2)14-11-6)5-12(3)9(13)4-10/h4-5H2,1-3H3. The van der Waals surface area contributed by atoms with Crippen LogP contribution in [0.15, 0.2) is 4.52 Å². The van der Waals surface area contributed by atoms with Gasteiger partial charge in [-0.15, -0.1) is 11.6 Å². The number of halogens is 1. The highest BCUT2D eigenvalue weighted by Gasteiger charge is 2.14. The first kappa shape index (κ1) is 11.0. The number of carbonyl (C=O) groups is 1. The summed E-state index contributed by atoms with van der Waals surface area (Å²) >= 11 is 5.44. The van der Waals surface area contributed by atoms with Gasteiger partial charge < -0.3 is 9.42 Å². The van der Waals surface area contributed by atoms with Crippen LogP contribution in [0.3, 0.4) is 0 Å². The number of nitrogens with zero attached hydrogens (tertiary/aromatic N) is 2. The second kappa shape index (κ2) is 4.46. The highest BCUT2D eigenvalue weighted by Crippen LogP contribution is 2.14. The van der Waals surface area contributed by atoms with Crippen LogP contribution >= 0.6 is 11.6 Å². The molecule has 0 unspecified atom stereocenters. The second-order valence-corrected chi connectivity index (χ2v) is 3.45. The molecular weight excluding hydrogens is 204 g/mol. The van der Waals surface area contributed by atoms with Crippen molar-refractivity contribution < 1.29 is 9.32 Å². The first-order valence-corrected chi connectivity index (χ1v) is 4.81. The van der Waals surface area contributed by atoms with E-state index in [1.165, 1.54) is 0 Å². The van der Waals surface area contributed by atoms with Gasteiger partial charge in [0.2, 0.25) is 5.91 Å². The Balaban J connectivity index is 2.73. The molecule has 1 aromatic heterocycles. The minimum atomic E-state index is -0.105. The van der Waals surface area contributed by atoms with E-state index in [4.69, 9.17) is 16.1 Å². The smallest absolute Gasteiger partial charge is 0.237 e. The highest BCUT2D eigenvalue weighted by molar-refractivity contribution is 6.27. The van der Waals surface area contributed by atoms with E-state index in [0.29, 0.717) is 6.54 Å². The summed E-state index contributed by atoms with van der Waals surface area (Å²) in [5.74, 6) is 0.642. The number of aryl methyl sites for hydroxylation is 2. The van der Waals surface area contributed by atoms with E-state index in [0.717, 1.165) is 17.0 Å². The van der Waals surface area contributed by atoms with Crippen LogP contribution in [0.4, 0.5) is 0 Å². The molecule has 78 valence electrons. The van der Waals surface area contributed by atoms with Gasteiger partial charge in [-0.2, -0.15) is 0 Å². The van der Waals surface area contributed by atoms with Crippen molar-refractivity contribution in [2.24, 2.45) is 0 Å². The Bertz CT molecular complexity index is 316. The van der Waals surface area contributed by atoms with Crippen molar-refractivity contribution in [3.63, 3.8) is 0 Å². The van der Waals surface area contributed by atoms with Crippen LogP contribution in [0, 0.1) is 13.8 Å². The fourth-order valence-electron chi connectivity index (χ4n) is 1.15. The Morgan fingerprint density at radius 1 is 1.57 bits per heavy atom. The maximum atomic E-state index is 11.2. The zero-order valence-corrected chi connectivity index (χ0v) is 9.26. The number of amides is 1. The molecule has 1 rings (SSSR count). The van der Waals surface area contributed by atoms with E-state index < -0.39 is 0 Å². The van der Waals surface area contributed by atoms with Crippen molar-refractivity contribution in [1.82, 2.24) is 10.1 Å². The lowest BCUT2D eigenvalue weighted by atomic mass is 10.2. The molecule has 5 heteroatoms. The quantitative estimate of drug-likeness (QED) is 0.720. The second-order valence-electron chi connectivity index (χ2n) is 3.19. The average molecular weight is 217 g/mol. The van der Waals surface area contributed by atoms with E-state index in [1.54, 1.807) is 11.9 Å². The summed E-state index contributed by atoms with van der Waals surface area (Å²) in [7, 11) is 1.70. The monoisotopic (exact) mass is 216 g/mol. The van der Waals surface area contributed by atoms with Crippen LogP contribution in [0.2, 0.25) is 0 Å². The van der Waals surface area contributed by atoms with Gasteiger partial charge >= 0.3 is 0 Å². The fourth-order valence-corrected chi connectivity index (χ4v) is 1.36. The Labute approximate surface area is 87.8 Å². The highest BCUT2D eigenvalue weighted by atomic mass is 35.5. The van der Waals surface area contributed by atoms with Crippen molar-refractivity contribution in [2.75, 3.05) is 12.9 Å². The normalized spacial score (nSPS) is 10.3. The molecule has 1 heterocycles. The lowest BCUT2D eigenvalue weighted by Gasteiger charge is -2.14. The molecule has 0 saturated carbocycles.